The van der Waals surface area contributed by atoms with Crippen LogP contribution >= 0.6 is 0 Å². The van der Waals surface area contributed by atoms with Gasteiger partial charge >= 0.3 is 12.6 Å². The lowest BCUT2D eigenvalue weighted by atomic mass is 9.73. The number of nitrogens with zero attached hydrogens (tertiary/aromatic N) is 1. The molecule has 0 saturated heterocycles. The maximum Gasteiger partial charge on any atom is 0.387 e. The van der Waals surface area contributed by atoms with Crippen LogP contribution in [0.1, 0.15) is 30.2 Å². The molecule has 0 bridgehead atoms. The molecule has 1 heterocycles. The van der Waals surface area contributed by atoms with Crippen LogP contribution in [0.2, 0.25) is 0 Å². The minimum absolute atomic E-state index is 0.0376. The number of alkyl halides is 2. The smallest absolute Gasteiger partial charge is 0.387 e. The van der Waals surface area contributed by atoms with E-state index in [1.807, 2.05) is 35.8 Å². The van der Waals surface area contributed by atoms with Gasteiger partial charge in [0.25, 0.3) is 0 Å². The number of aromatic nitrogens is 1. The van der Waals surface area contributed by atoms with E-state index in [1.165, 1.54) is 6.07 Å². The van der Waals surface area contributed by atoms with Gasteiger partial charge in [-0.05, 0) is 37.0 Å². The van der Waals surface area contributed by atoms with Crippen molar-refractivity contribution in [2.75, 3.05) is 0 Å². The number of carbonyl (C=O) groups is 2. The van der Waals surface area contributed by atoms with Crippen molar-refractivity contribution in [3.05, 3.63) is 65.4 Å². The number of nitrogens with one attached hydrogen (secondary N) is 1. The Balaban J connectivity index is 1.56. The lowest BCUT2D eigenvalue weighted by Crippen LogP contribution is -2.42. The van der Waals surface area contributed by atoms with Crippen LogP contribution in [0.4, 0.5) is 8.78 Å². The van der Waals surface area contributed by atoms with E-state index in [0.717, 1.165) is 22.2 Å². The molecule has 0 saturated carbocycles. The van der Waals surface area contributed by atoms with Crippen LogP contribution < -0.4 is 10.1 Å². The lowest BCUT2D eigenvalue weighted by Gasteiger charge is -2.33. The fourth-order valence-corrected chi connectivity index (χ4v) is 4.54. The zero-order chi connectivity index (χ0) is 22.9. The summed E-state index contributed by atoms with van der Waals surface area (Å²) in [4.78, 5) is 24.6. The number of hydrogen-bond donors (Lipinski definition) is 2. The van der Waals surface area contributed by atoms with Crippen molar-refractivity contribution < 1.29 is 28.2 Å². The maximum atomic E-state index is 13.2. The molecule has 0 spiro atoms. The predicted octanol–water partition coefficient (Wildman–Crippen LogP) is 4.14. The number of rotatable bonds is 7. The van der Waals surface area contributed by atoms with Gasteiger partial charge in [0.15, 0.2) is 0 Å². The number of fused-ring (bicyclic) bond motifs is 3. The summed E-state index contributed by atoms with van der Waals surface area (Å²) in [5.41, 5.74) is 2.56. The summed E-state index contributed by atoms with van der Waals surface area (Å²) >= 11 is 0. The van der Waals surface area contributed by atoms with Crippen molar-refractivity contribution in [1.29, 1.82) is 0 Å². The van der Waals surface area contributed by atoms with Crippen molar-refractivity contribution in [3.8, 4) is 5.75 Å². The number of ether oxygens (including phenoxy) is 1. The highest BCUT2D eigenvalue weighted by Gasteiger charge is 2.39. The zero-order valence-electron chi connectivity index (χ0n) is 17.6. The van der Waals surface area contributed by atoms with Crippen LogP contribution in [-0.4, -0.2) is 28.2 Å². The topological polar surface area (TPSA) is 80.6 Å². The molecule has 2 aromatic carbocycles. The maximum absolute atomic E-state index is 13.2. The van der Waals surface area contributed by atoms with Crippen molar-refractivity contribution in [1.82, 2.24) is 9.88 Å². The normalized spacial score (nSPS) is 17.9. The molecular weight excluding hydrogens is 418 g/mol. The molecule has 1 atom stereocenters. The van der Waals surface area contributed by atoms with Crippen molar-refractivity contribution in [2.24, 2.45) is 5.41 Å². The van der Waals surface area contributed by atoms with Crippen LogP contribution in [0, 0.1) is 5.41 Å². The molecule has 3 aromatic rings. The van der Waals surface area contributed by atoms with Gasteiger partial charge in [-0.25, -0.2) is 0 Å². The molecule has 2 N–H and O–H groups in total. The zero-order valence-corrected chi connectivity index (χ0v) is 17.6. The summed E-state index contributed by atoms with van der Waals surface area (Å²) in [5.74, 6) is -1.05. The summed E-state index contributed by atoms with van der Waals surface area (Å²) in [5, 5.41) is 13.2. The lowest BCUT2D eigenvalue weighted by molar-refractivity contribution is -0.137. The molecule has 4 rings (SSSR count). The molecule has 1 aliphatic carbocycles. The minimum Gasteiger partial charge on any atom is -0.480 e. The second kappa shape index (κ2) is 8.61. The number of benzene rings is 2. The summed E-state index contributed by atoms with van der Waals surface area (Å²) in [6.45, 7) is -1.11. The Morgan fingerprint density at radius 2 is 1.91 bits per heavy atom. The van der Waals surface area contributed by atoms with E-state index in [4.69, 9.17) is 0 Å². The number of carbonyl (C=O) groups excluding carboxylic acids is 1. The van der Waals surface area contributed by atoms with Gasteiger partial charge in [0.2, 0.25) is 5.91 Å². The van der Waals surface area contributed by atoms with Gasteiger partial charge in [0.05, 0.1) is 5.41 Å². The summed E-state index contributed by atoms with van der Waals surface area (Å²) in [6, 6.07) is 14.0. The van der Waals surface area contributed by atoms with Crippen molar-refractivity contribution >= 4 is 22.8 Å². The third-order valence-electron chi connectivity index (χ3n) is 6.14. The molecule has 0 radical (unpaired) electrons. The van der Waals surface area contributed by atoms with Gasteiger partial charge in [-0.15, -0.1) is 0 Å². The molecule has 6 nitrogen and oxygen atoms in total. The molecule has 1 aromatic heterocycles. The number of amides is 1. The van der Waals surface area contributed by atoms with Gasteiger partial charge < -0.3 is 19.7 Å². The highest BCUT2D eigenvalue weighted by Crippen LogP contribution is 2.40. The highest BCUT2D eigenvalue weighted by molar-refractivity contribution is 5.89. The van der Waals surface area contributed by atoms with Gasteiger partial charge in [-0.3, -0.25) is 9.59 Å². The molecule has 32 heavy (non-hydrogen) atoms. The number of halogens is 2. The fraction of sp³-hybridized carbons (Fsp3) is 0.333. The first-order valence-corrected chi connectivity index (χ1v) is 10.4. The standard InChI is InChI=1S/C24H24F2N2O4/c1-24(22(31)27-13-15-6-2-5-9-20(15)32-23(25)26)11-10-19-17(12-24)16-7-3-4-8-18(16)28(19)14-21(29)30/h2-9,23H,10-14H2,1H3,(H,27,31)(H,29,30). The van der Waals surface area contributed by atoms with Crippen LogP contribution in [0.5, 0.6) is 5.75 Å². The Morgan fingerprint density at radius 1 is 1.19 bits per heavy atom. The monoisotopic (exact) mass is 442 g/mol. The average molecular weight is 442 g/mol. The summed E-state index contributed by atoms with van der Waals surface area (Å²) in [6.07, 6.45) is 1.60. The number of carboxylic acid groups (broad SMARTS) is 1. The molecule has 168 valence electrons. The van der Waals surface area contributed by atoms with E-state index >= 15 is 0 Å². The largest absolute Gasteiger partial charge is 0.480 e. The van der Waals surface area contributed by atoms with Crippen LogP contribution in [0.3, 0.4) is 0 Å². The molecule has 8 heteroatoms. The average Bonchev–Trinajstić information content (AvgIpc) is 3.05. The van der Waals surface area contributed by atoms with E-state index in [0.29, 0.717) is 24.8 Å². The first kappa shape index (κ1) is 21.8. The quantitative estimate of drug-likeness (QED) is 0.576. The Bertz CT molecular complexity index is 1170. The van der Waals surface area contributed by atoms with Gasteiger partial charge in [-0.1, -0.05) is 43.3 Å². The Hall–Kier alpha value is -3.42. The van der Waals surface area contributed by atoms with Crippen LogP contribution in [-0.2, 0) is 35.5 Å². The Morgan fingerprint density at radius 3 is 2.66 bits per heavy atom. The third-order valence-corrected chi connectivity index (χ3v) is 6.14. The van der Waals surface area contributed by atoms with Gasteiger partial charge in [-0.2, -0.15) is 8.78 Å². The SMILES string of the molecule is CC1(C(=O)NCc2ccccc2OC(F)F)CCc2c(c3ccccc3n2CC(=O)O)C1. The molecule has 1 unspecified atom stereocenters. The molecule has 1 aliphatic rings. The summed E-state index contributed by atoms with van der Waals surface area (Å²) < 4.78 is 31.7. The molecular formula is C24H24F2N2O4. The second-order valence-corrected chi connectivity index (χ2v) is 8.33. The number of aliphatic carboxylic acids is 1. The van der Waals surface area contributed by atoms with Crippen molar-refractivity contribution in [3.63, 3.8) is 0 Å². The van der Waals surface area contributed by atoms with Crippen molar-refractivity contribution in [2.45, 2.75) is 45.9 Å². The van der Waals surface area contributed by atoms with Gasteiger partial charge in [0.1, 0.15) is 12.3 Å². The predicted molar refractivity (Wildman–Crippen MR) is 115 cm³/mol. The Labute approximate surface area is 183 Å². The van der Waals surface area contributed by atoms with Gasteiger partial charge in [0, 0.05) is 28.7 Å². The molecule has 1 amide bonds. The second-order valence-electron chi connectivity index (χ2n) is 8.33. The minimum atomic E-state index is -2.94. The van der Waals surface area contributed by atoms with E-state index in [-0.39, 0.29) is 24.7 Å². The van der Waals surface area contributed by atoms with Crippen LogP contribution in [0.15, 0.2) is 48.5 Å². The number of carboxylic acids is 1. The van der Waals surface area contributed by atoms with Crippen LogP contribution in [0.25, 0.3) is 10.9 Å². The molecule has 0 aliphatic heterocycles. The van der Waals surface area contributed by atoms with E-state index in [2.05, 4.69) is 10.1 Å². The van der Waals surface area contributed by atoms with E-state index < -0.39 is 18.0 Å². The first-order valence-electron chi connectivity index (χ1n) is 10.4. The molecule has 0 fully saturated rings. The highest BCUT2D eigenvalue weighted by atomic mass is 19.3. The van der Waals surface area contributed by atoms with E-state index in [1.54, 1.807) is 18.2 Å². The fourth-order valence-electron chi connectivity index (χ4n) is 4.54. The first-order chi connectivity index (χ1) is 15.3. The van der Waals surface area contributed by atoms with E-state index in [9.17, 15) is 23.5 Å². The number of hydrogen-bond acceptors (Lipinski definition) is 3. The summed E-state index contributed by atoms with van der Waals surface area (Å²) in [7, 11) is 0. The Kier molecular flexibility index (Phi) is 5.86. The number of para-hydroxylation sites is 2. The third kappa shape index (κ3) is 4.17.